The number of benzene rings is 1. The Balaban J connectivity index is 2.35. The fraction of sp³-hybridized carbons (Fsp3) is 0.556. The van der Waals surface area contributed by atoms with Crippen LogP contribution in [-0.2, 0) is 9.31 Å². The zero-order valence-corrected chi connectivity index (χ0v) is 15.9. The molecule has 23 heavy (non-hydrogen) atoms. The second kappa shape index (κ2) is 6.54. The van der Waals surface area contributed by atoms with Crippen LogP contribution in [0.25, 0.3) is 6.08 Å². The van der Waals surface area contributed by atoms with Crippen molar-refractivity contribution in [1.29, 1.82) is 0 Å². The highest BCUT2D eigenvalue weighted by atomic mass is 32.1. The summed E-state index contributed by atoms with van der Waals surface area (Å²) < 4.78 is 12.3. The lowest BCUT2D eigenvalue weighted by atomic mass is 9.78. The first-order valence-electron chi connectivity index (χ1n) is 8.14. The second-order valence-corrected chi connectivity index (χ2v) is 7.82. The highest BCUT2D eigenvalue weighted by molar-refractivity contribution is 7.80. The lowest BCUT2D eigenvalue weighted by Crippen LogP contribution is -2.41. The largest absolute Gasteiger partial charge is 0.491 e. The van der Waals surface area contributed by atoms with Gasteiger partial charge in [-0.1, -0.05) is 26.0 Å². The Bertz CT molecular complexity index is 595. The van der Waals surface area contributed by atoms with Gasteiger partial charge in [0.05, 0.1) is 11.2 Å². The van der Waals surface area contributed by atoms with E-state index < -0.39 is 0 Å². The molecule has 1 aromatic carbocycles. The van der Waals surface area contributed by atoms with Crippen molar-refractivity contribution in [3.05, 3.63) is 34.8 Å². The van der Waals surface area contributed by atoms with Crippen LogP contribution in [0.4, 0.5) is 5.69 Å². The molecule has 1 heterocycles. The lowest BCUT2D eigenvalue weighted by Gasteiger charge is -2.32. The molecule has 1 aliphatic rings. The van der Waals surface area contributed by atoms with E-state index in [-0.39, 0.29) is 18.3 Å². The Morgan fingerprint density at radius 3 is 2.26 bits per heavy atom. The number of thiol groups is 1. The Labute approximate surface area is 146 Å². The molecule has 2 rings (SSSR count). The van der Waals surface area contributed by atoms with Gasteiger partial charge in [-0.05, 0) is 62.3 Å². The van der Waals surface area contributed by atoms with Crippen LogP contribution in [0.1, 0.15) is 58.6 Å². The van der Waals surface area contributed by atoms with Gasteiger partial charge in [-0.15, -0.1) is 0 Å². The Morgan fingerprint density at radius 1 is 1.22 bits per heavy atom. The minimum atomic E-state index is -0.389. The fourth-order valence-electron chi connectivity index (χ4n) is 2.46. The summed E-state index contributed by atoms with van der Waals surface area (Å²) in [6, 6.07) is 6.17. The van der Waals surface area contributed by atoms with Crippen LogP contribution in [0.15, 0.2) is 23.7 Å². The number of rotatable bonds is 4. The van der Waals surface area contributed by atoms with Gasteiger partial charge in [0.1, 0.15) is 0 Å². The molecule has 1 aliphatic heterocycles. The van der Waals surface area contributed by atoms with Gasteiger partial charge in [-0.25, -0.2) is 0 Å². The van der Waals surface area contributed by atoms with E-state index >= 15 is 0 Å². The van der Waals surface area contributed by atoms with Gasteiger partial charge < -0.3 is 15.0 Å². The smallest absolute Gasteiger partial charge is 0.400 e. The Morgan fingerprint density at radius 2 is 1.78 bits per heavy atom. The summed E-state index contributed by atoms with van der Waals surface area (Å²) in [5.74, 6) is 1.02. The molecule has 0 amide bonds. The van der Waals surface area contributed by atoms with Gasteiger partial charge >= 0.3 is 7.12 Å². The molecule has 0 unspecified atom stereocenters. The third-order valence-electron chi connectivity index (χ3n) is 4.86. The molecular weight excluding hydrogens is 305 g/mol. The van der Waals surface area contributed by atoms with Crippen molar-refractivity contribution in [2.75, 3.05) is 11.5 Å². The summed E-state index contributed by atoms with van der Waals surface area (Å²) in [6.07, 6.45) is 2.05. The molecule has 1 saturated heterocycles. The van der Waals surface area contributed by atoms with Gasteiger partial charge in [-0.2, -0.15) is 12.6 Å². The maximum absolute atomic E-state index is 6.15. The molecule has 1 fully saturated rings. The highest BCUT2D eigenvalue weighted by Gasteiger charge is 2.52. The predicted octanol–water partition coefficient (Wildman–Crippen LogP) is 4.34. The van der Waals surface area contributed by atoms with E-state index in [0.717, 1.165) is 16.7 Å². The van der Waals surface area contributed by atoms with Crippen molar-refractivity contribution in [2.24, 2.45) is 0 Å². The van der Waals surface area contributed by atoms with Crippen LogP contribution < -0.4 is 5.73 Å². The summed E-state index contributed by atoms with van der Waals surface area (Å²) in [5.41, 5.74) is 9.43. The zero-order valence-electron chi connectivity index (χ0n) is 15.0. The quantitative estimate of drug-likeness (QED) is 0.489. The molecule has 0 radical (unpaired) electrons. The molecule has 3 nitrogen and oxygen atoms in total. The van der Waals surface area contributed by atoms with E-state index in [2.05, 4.69) is 72.4 Å². The number of nitrogens with two attached hydrogens (primary N) is 1. The van der Waals surface area contributed by atoms with Crippen molar-refractivity contribution in [3.63, 3.8) is 0 Å². The van der Waals surface area contributed by atoms with Crippen LogP contribution in [0.2, 0.25) is 0 Å². The van der Waals surface area contributed by atoms with E-state index in [4.69, 9.17) is 15.0 Å². The lowest BCUT2D eigenvalue weighted by molar-refractivity contribution is 0.00578. The van der Waals surface area contributed by atoms with Gasteiger partial charge in [0.25, 0.3) is 0 Å². The third-order valence-corrected chi connectivity index (χ3v) is 5.22. The summed E-state index contributed by atoms with van der Waals surface area (Å²) >= 11 is 4.47. The second-order valence-electron chi connectivity index (χ2n) is 7.51. The van der Waals surface area contributed by atoms with Crippen molar-refractivity contribution in [1.82, 2.24) is 0 Å². The van der Waals surface area contributed by atoms with Crippen LogP contribution in [0.5, 0.6) is 0 Å². The fourth-order valence-corrected chi connectivity index (χ4v) is 2.70. The first kappa shape index (κ1) is 18.4. The average molecular weight is 333 g/mol. The van der Waals surface area contributed by atoms with Gasteiger partial charge in [0, 0.05) is 11.4 Å². The Hall–Kier alpha value is -0.905. The van der Waals surface area contributed by atoms with Crippen molar-refractivity contribution >= 4 is 31.5 Å². The zero-order chi connectivity index (χ0) is 17.4. The van der Waals surface area contributed by atoms with Crippen LogP contribution >= 0.6 is 12.6 Å². The molecule has 1 aromatic rings. The maximum atomic E-state index is 6.15. The molecule has 0 bridgehead atoms. The van der Waals surface area contributed by atoms with Crippen molar-refractivity contribution in [2.45, 2.75) is 58.7 Å². The van der Waals surface area contributed by atoms with E-state index in [1.165, 1.54) is 5.56 Å². The predicted molar refractivity (Wildman–Crippen MR) is 103 cm³/mol. The SMILES string of the molecule is CC(C)c1ccc(N)c(C=C(CS)B2OC(C)(C)C(C)(C)O2)c1. The molecule has 0 aliphatic carbocycles. The van der Waals surface area contributed by atoms with Crippen LogP contribution in [0, 0.1) is 0 Å². The monoisotopic (exact) mass is 333 g/mol. The molecule has 5 heteroatoms. The topological polar surface area (TPSA) is 44.5 Å². The molecule has 0 saturated carbocycles. The molecule has 0 aromatic heterocycles. The van der Waals surface area contributed by atoms with Crippen LogP contribution in [0.3, 0.4) is 0 Å². The summed E-state index contributed by atoms with van der Waals surface area (Å²) in [6.45, 7) is 12.6. The van der Waals surface area contributed by atoms with E-state index in [0.29, 0.717) is 11.7 Å². The van der Waals surface area contributed by atoms with Gasteiger partial charge in [0.15, 0.2) is 0 Å². The molecule has 0 spiro atoms. The summed E-state index contributed by atoms with van der Waals surface area (Å²) in [4.78, 5) is 0. The minimum absolute atomic E-state index is 0.356. The molecular formula is C18H28BNO2S. The molecule has 0 atom stereocenters. The normalized spacial score (nSPS) is 20.3. The Kier molecular flexibility index (Phi) is 5.24. The molecule has 2 N–H and O–H groups in total. The van der Waals surface area contributed by atoms with E-state index in [1.54, 1.807) is 0 Å². The van der Waals surface area contributed by atoms with Crippen molar-refractivity contribution in [3.8, 4) is 0 Å². The first-order chi connectivity index (χ1) is 10.6. The van der Waals surface area contributed by atoms with E-state index in [1.807, 2.05) is 6.07 Å². The van der Waals surface area contributed by atoms with E-state index in [9.17, 15) is 0 Å². The highest BCUT2D eigenvalue weighted by Crippen LogP contribution is 2.39. The number of nitrogen functional groups attached to an aromatic ring is 1. The third kappa shape index (κ3) is 3.78. The summed E-state index contributed by atoms with van der Waals surface area (Å²) in [5, 5.41) is 0. The molecule has 126 valence electrons. The standard InChI is InChI=1S/C18H28BNO2S/c1-12(2)13-7-8-16(20)14(9-13)10-15(11-23)19-21-17(3,4)18(5,6)22-19/h7-10,12,23H,11,20H2,1-6H3. The van der Waals surface area contributed by atoms with Crippen LogP contribution in [-0.4, -0.2) is 24.1 Å². The van der Waals surface area contributed by atoms with Gasteiger partial charge in [0.2, 0.25) is 0 Å². The average Bonchev–Trinajstić information content (AvgIpc) is 2.66. The number of hydrogen-bond donors (Lipinski definition) is 2. The minimum Gasteiger partial charge on any atom is -0.400 e. The van der Waals surface area contributed by atoms with Gasteiger partial charge in [-0.3, -0.25) is 0 Å². The number of hydrogen-bond acceptors (Lipinski definition) is 4. The number of anilines is 1. The van der Waals surface area contributed by atoms with Crippen molar-refractivity contribution < 1.29 is 9.31 Å². The first-order valence-corrected chi connectivity index (χ1v) is 8.77. The summed E-state index contributed by atoms with van der Waals surface area (Å²) in [7, 11) is -0.389. The maximum Gasteiger partial charge on any atom is 0.491 e.